The summed E-state index contributed by atoms with van der Waals surface area (Å²) in [7, 11) is 0.592. The smallest absolute Gasteiger partial charge is 0.246 e. The first-order valence-electron chi connectivity index (χ1n) is 8.08. The van der Waals surface area contributed by atoms with E-state index in [9.17, 15) is 13.2 Å². The molecule has 7 nitrogen and oxygen atoms in total. The number of nitrogens with one attached hydrogen (secondary N) is 1. The minimum atomic E-state index is -3.69. The SMILES string of the molecule is COc1ccc(NC(=O)CSC(=S)N2CCCC2)cc1S(=O)(=O)N(C)C. The fraction of sp³-hybridized carbons (Fsp3) is 0.500. The third-order valence-electron chi connectivity index (χ3n) is 3.90. The second-order valence-electron chi connectivity index (χ2n) is 5.95. The molecule has 1 aromatic carbocycles. The van der Waals surface area contributed by atoms with Gasteiger partial charge in [-0.05, 0) is 31.0 Å². The monoisotopic (exact) mass is 417 g/mol. The molecule has 2 rings (SSSR count). The molecule has 1 N–H and O–H groups in total. The van der Waals surface area contributed by atoms with Crippen molar-refractivity contribution in [1.29, 1.82) is 0 Å². The Bertz CT molecular complexity index is 775. The highest BCUT2D eigenvalue weighted by atomic mass is 32.2. The van der Waals surface area contributed by atoms with Gasteiger partial charge in [-0.3, -0.25) is 4.79 Å². The van der Waals surface area contributed by atoms with Crippen molar-refractivity contribution in [3.63, 3.8) is 0 Å². The van der Waals surface area contributed by atoms with Crippen molar-refractivity contribution in [2.24, 2.45) is 0 Å². The lowest BCUT2D eigenvalue weighted by Crippen LogP contribution is -2.25. The Morgan fingerprint density at radius 1 is 1.35 bits per heavy atom. The van der Waals surface area contributed by atoms with Gasteiger partial charge in [-0.15, -0.1) is 0 Å². The maximum absolute atomic E-state index is 12.4. The number of carbonyl (C=O) groups is 1. The number of hydrogen-bond acceptors (Lipinski definition) is 6. The zero-order valence-corrected chi connectivity index (χ0v) is 17.5. The molecule has 1 heterocycles. The van der Waals surface area contributed by atoms with Gasteiger partial charge in [0.05, 0.1) is 12.9 Å². The summed E-state index contributed by atoms with van der Waals surface area (Å²) in [6.45, 7) is 1.88. The Labute approximate surface area is 164 Å². The van der Waals surface area contributed by atoms with Gasteiger partial charge in [0.25, 0.3) is 0 Å². The average molecular weight is 418 g/mol. The fourth-order valence-electron chi connectivity index (χ4n) is 2.47. The van der Waals surface area contributed by atoms with E-state index >= 15 is 0 Å². The van der Waals surface area contributed by atoms with Crippen molar-refractivity contribution >= 4 is 49.9 Å². The first-order chi connectivity index (χ1) is 12.3. The molecule has 0 aliphatic carbocycles. The van der Waals surface area contributed by atoms with Gasteiger partial charge in [0.2, 0.25) is 15.9 Å². The van der Waals surface area contributed by atoms with Gasteiger partial charge in [0, 0.05) is 32.9 Å². The molecule has 0 saturated carbocycles. The van der Waals surface area contributed by atoms with E-state index in [0.717, 1.165) is 34.6 Å². The topological polar surface area (TPSA) is 79.0 Å². The van der Waals surface area contributed by atoms with Crippen molar-refractivity contribution in [2.45, 2.75) is 17.7 Å². The molecule has 1 aliphatic rings. The van der Waals surface area contributed by atoms with E-state index in [4.69, 9.17) is 17.0 Å². The highest BCUT2D eigenvalue weighted by Crippen LogP contribution is 2.29. The van der Waals surface area contributed by atoms with Crippen molar-refractivity contribution < 1.29 is 17.9 Å². The Morgan fingerprint density at radius 2 is 2.00 bits per heavy atom. The Balaban J connectivity index is 2.04. The molecular weight excluding hydrogens is 394 g/mol. The number of anilines is 1. The fourth-order valence-corrected chi connectivity index (χ4v) is 4.59. The number of rotatable bonds is 6. The lowest BCUT2D eigenvalue weighted by atomic mass is 10.3. The number of nitrogens with zero attached hydrogens (tertiary/aromatic N) is 2. The van der Waals surface area contributed by atoms with Gasteiger partial charge < -0.3 is 15.0 Å². The van der Waals surface area contributed by atoms with Gasteiger partial charge in [0.15, 0.2) is 0 Å². The second-order valence-corrected chi connectivity index (χ2v) is 9.68. The van der Waals surface area contributed by atoms with Crippen LogP contribution in [-0.4, -0.2) is 67.9 Å². The quantitative estimate of drug-likeness (QED) is 0.709. The molecule has 1 amide bonds. The van der Waals surface area contributed by atoms with Crippen LogP contribution in [0.15, 0.2) is 23.1 Å². The molecule has 1 aliphatic heterocycles. The van der Waals surface area contributed by atoms with Crippen LogP contribution in [0.4, 0.5) is 5.69 Å². The van der Waals surface area contributed by atoms with Crippen LogP contribution in [0, 0.1) is 0 Å². The number of methoxy groups -OCH3 is 1. The Kier molecular flexibility index (Phi) is 7.27. The summed E-state index contributed by atoms with van der Waals surface area (Å²) in [6, 6.07) is 4.53. The van der Waals surface area contributed by atoms with E-state index in [1.165, 1.54) is 45.1 Å². The predicted molar refractivity (Wildman–Crippen MR) is 108 cm³/mol. The van der Waals surface area contributed by atoms with E-state index < -0.39 is 10.0 Å². The van der Waals surface area contributed by atoms with Crippen LogP contribution in [0.25, 0.3) is 0 Å². The minimum Gasteiger partial charge on any atom is -0.495 e. The van der Waals surface area contributed by atoms with Crippen LogP contribution in [0.3, 0.4) is 0 Å². The molecule has 0 radical (unpaired) electrons. The number of likely N-dealkylation sites (tertiary alicyclic amines) is 1. The maximum atomic E-state index is 12.4. The first-order valence-corrected chi connectivity index (χ1v) is 10.9. The average Bonchev–Trinajstić information content (AvgIpc) is 3.14. The third kappa shape index (κ3) is 5.09. The number of hydrogen-bond donors (Lipinski definition) is 1. The first kappa shape index (κ1) is 20.9. The number of benzene rings is 1. The van der Waals surface area contributed by atoms with Gasteiger partial charge >= 0.3 is 0 Å². The van der Waals surface area contributed by atoms with E-state index in [2.05, 4.69) is 10.2 Å². The lowest BCUT2D eigenvalue weighted by Gasteiger charge is -2.17. The molecule has 10 heteroatoms. The maximum Gasteiger partial charge on any atom is 0.246 e. The Hall–Kier alpha value is -1.36. The van der Waals surface area contributed by atoms with Crippen LogP contribution in [0.2, 0.25) is 0 Å². The van der Waals surface area contributed by atoms with E-state index in [1.807, 2.05) is 0 Å². The summed E-state index contributed by atoms with van der Waals surface area (Å²) >= 11 is 6.65. The van der Waals surface area contributed by atoms with Crippen molar-refractivity contribution in [3.8, 4) is 5.75 Å². The summed E-state index contributed by atoms with van der Waals surface area (Å²) in [6.07, 6.45) is 2.25. The van der Waals surface area contributed by atoms with Gasteiger partial charge in [-0.25, -0.2) is 12.7 Å². The highest BCUT2D eigenvalue weighted by Gasteiger charge is 2.23. The molecule has 1 saturated heterocycles. The summed E-state index contributed by atoms with van der Waals surface area (Å²) in [4.78, 5) is 14.3. The molecule has 26 heavy (non-hydrogen) atoms. The molecule has 144 valence electrons. The highest BCUT2D eigenvalue weighted by molar-refractivity contribution is 8.23. The van der Waals surface area contributed by atoms with Gasteiger partial charge in [-0.1, -0.05) is 24.0 Å². The number of carbonyl (C=O) groups excluding carboxylic acids is 1. The molecule has 1 aromatic rings. The normalized spacial score (nSPS) is 14.5. The van der Waals surface area contributed by atoms with E-state index in [-0.39, 0.29) is 22.3 Å². The number of thioether (sulfide) groups is 1. The van der Waals surface area contributed by atoms with Crippen molar-refractivity contribution in [3.05, 3.63) is 18.2 Å². The predicted octanol–water partition coefficient (Wildman–Crippen LogP) is 2.00. The molecule has 0 atom stereocenters. The van der Waals surface area contributed by atoms with Crippen LogP contribution >= 0.6 is 24.0 Å². The van der Waals surface area contributed by atoms with Crippen molar-refractivity contribution in [1.82, 2.24) is 9.21 Å². The summed E-state index contributed by atoms with van der Waals surface area (Å²) in [5.74, 6) is 0.160. The molecule has 0 unspecified atom stereocenters. The number of ether oxygens (including phenoxy) is 1. The third-order valence-corrected chi connectivity index (χ3v) is 7.26. The number of sulfonamides is 1. The molecular formula is C16H23N3O4S3. The summed E-state index contributed by atoms with van der Waals surface area (Å²) < 4.78 is 31.8. The molecule has 0 bridgehead atoms. The molecule has 0 spiro atoms. The van der Waals surface area contributed by atoms with Gasteiger partial charge in [-0.2, -0.15) is 0 Å². The van der Waals surface area contributed by atoms with Crippen LogP contribution in [-0.2, 0) is 14.8 Å². The lowest BCUT2D eigenvalue weighted by molar-refractivity contribution is -0.113. The largest absolute Gasteiger partial charge is 0.495 e. The van der Waals surface area contributed by atoms with E-state index in [0.29, 0.717) is 5.69 Å². The van der Waals surface area contributed by atoms with Crippen molar-refractivity contribution in [2.75, 3.05) is 45.4 Å². The Morgan fingerprint density at radius 3 is 2.58 bits per heavy atom. The van der Waals surface area contributed by atoms with Crippen LogP contribution < -0.4 is 10.1 Å². The summed E-state index contributed by atoms with van der Waals surface area (Å²) in [5, 5.41) is 2.71. The summed E-state index contributed by atoms with van der Waals surface area (Å²) in [5.41, 5.74) is 0.393. The van der Waals surface area contributed by atoms with Crippen LogP contribution in [0.1, 0.15) is 12.8 Å². The van der Waals surface area contributed by atoms with Gasteiger partial charge in [0.1, 0.15) is 15.0 Å². The molecule has 1 fully saturated rings. The number of thiocarbonyl (C=S) groups is 1. The second kappa shape index (κ2) is 9.03. The number of amides is 1. The zero-order valence-electron chi connectivity index (χ0n) is 15.0. The van der Waals surface area contributed by atoms with Crippen LogP contribution in [0.5, 0.6) is 5.75 Å². The molecule has 0 aromatic heterocycles. The van der Waals surface area contributed by atoms with E-state index in [1.54, 1.807) is 6.07 Å². The minimum absolute atomic E-state index is 0.00282. The zero-order chi connectivity index (χ0) is 19.3. The standard InChI is InChI=1S/C16H23N3O4S3/c1-18(2)26(21,22)14-10-12(6-7-13(14)23-3)17-15(20)11-25-16(24)19-8-4-5-9-19/h6-7,10H,4-5,8-9,11H2,1-3H3,(H,17,20).